The molecule has 2 aromatic rings. The molecule has 9 heteroatoms. The zero-order valence-electron chi connectivity index (χ0n) is 17.8. The largest absolute Gasteiger partial charge is 0.359 e. The van der Waals surface area contributed by atoms with E-state index in [0.717, 1.165) is 10.9 Å². The Morgan fingerprint density at radius 2 is 1.55 bits per heavy atom. The van der Waals surface area contributed by atoms with Gasteiger partial charge < -0.3 is 20.4 Å². The highest BCUT2D eigenvalue weighted by atomic mass is 35.5. The first-order chi connectivity index (χ1) is 13.7. The van der Waals surface area contributed by atoms with E-state index in [1.165, 1.54) is 0 Å². The van der Waals surface area contributed by atoms with Crippen LogP contribution in [0.25, 0.3) is 10.9 Å². The number of anilines is 2. The van der Waals surface area contributed by atoms with E-state index in [9.17, 15) is 9.59 Å². The maximum atomic E-state index is 11.9. The van der Waals surface area contributed by atoms with E-state index in [4.69, 9.17) is 16.6 Å². The average molecular weight is 421 g/mol. The van der Waals surface area contributed by atoms with Crippen molar-refractivity contribution in [3.05, 3.63) is 23.2 Å². The number of carbonyl (C=O) groups excluding carboxylic acids is 2. The molecule has 1 heterocycles. The molecule has 2 rings (SSSR count). The molecule has 0 saturated carbocycles. The minimum absolute atomic E-state index is 0.0370. The summed E-state index contributed by atoms with van der Waals surface area (Å²) in [5.41, 5.74) is 0.744. The number of hydrogen-bond donors (Lipinski definition) is 2. The lowest BCUT2D eigenvalue weighted by molar-refractivity contribution is -0.124. The van der Waals surface area contributed by atoms with Gasteiger partial charge in [0.15, 0.2) is 0 Å². The highest BCUT2D eigenvalue weighted by Crippen LogP contribution is 2.29. The number of hydrogen-bond acceptors (Lipinski definition) is 6. The van der Waals surface area contributed by atoms with Crippen molar-refractivity contribution in [2.75, 3.05) is 51.1 Å². The summed E-state index contributed by atoms with van der Waals surface area (Å²) in [4.78, 5) is 37.0. The van der Waals surface area contributed by atoms with Crippen LogP contribution in [0.3, 0.4) is 0 Å². The van der Waals surface area contributed by atoms with Gasteiger partial charge in [-0.25, -0.2) is 4.98 Å². The molecule has 0 fully saturated rings. The number of fused-ring (bicyclic) bond motifs is 1. The Morgan fingerprint density at radius 1 is 1.00 bits per heavy atom. The van der Waals surface area contributed by atoms with E-state index in [1.807, 2.05) is 49.9 Å². The first kappa shape index (κ1) is 22.7. The SMILES string of the molecule is CNC(=O)[C@H](C)CN(C)c1nc(N(C)C[C@H](C)C(=O)NC)nc2ccc(Cl)cc12. The smallest absolute Gasteiger partial charge is 0.227 e. The van der Waals surface area contributed by atoms with Crippen LogP contribution in [0, 0.1) is 11.8 Å². The van der Waals surface area contributed by atoms with E-state index in [2.05, 4.69) is 15.6 Å². The van der Waals surface area contributed by atoms with Crippen molar-refractivity contribution in [2.24, 2.45) is 11.8 Å². The van der Waals surface area contributed by atoms with Crippen LogP contribution >= 0.6 is 11.6 Å². The fourth-order valence-corrected chi connectivity index (χ4v) is 3.35. The molecular formula is C20H29ClN6O2. The Hall–Kier alpha value is -2.61. The normalized spacial score (nSPS) is 12.9. The number of halogens is 1. The molecule has 0 radical (unpaired) electrons. The van der Waals surface area contributed by atoms with Crippen molar-refractivity contribution in [3.63, 3.8) is 0 Å². The van der Waals surface area contributed by atoms with E-state index < -0.39 is 0 Å². The predicted molar refractivity (Wildman–Crippen MR) is 118 cm³/mol. The molecule has 0 bridgehead atoms. The van der Waals surface area contributed by atoms with Gasteiger partial charge >= 0.3 is 0 Å². The zero-order chi connectivity index (χ0) is 21.7. The Morgan fingerprint density at radius 3 is 2.10 bits per heavy atom. The second-order valence-electron chi connectivity index (χ2n) is 7.30. The Labute approximate surface area is 176 Å². The van der Waals surface area contributed by atoms with E-state index in [1.54, 1.807) is 20.2 Å². The fraction of sp³-hybridized carbons (Fsp3) is 0.500. The lowest BCUT2D eigenvalue weighted by Gasteiger charge is -2.26. The third kappa shape index (κ3) is 5.47. The van der Waals surface area contributed by atoms with E-state index >= 15 is 0 Å². The molecule has 1 aromatic carbocycles. The minimum atomic E-state index is -0.219. The molecule has 0 saturated heterocycles. The molecule has 0 aliphatic heterocycles. The average Bonchev–Trinajstić information content (AvgIpc) is 2.71. The number of nitrogens with zero attached hydrogens (tertiary/aromatic N) is 4. The topological polar surface area (TPSA) is 90.5 Å². The van der Waals surface area contributed by atoms with E-state index in [0.29, 0.717) is 29.9 Å². The van der Waals surface area contributed by atoms with Crippen molar-refractivity contribution in [2.45, 2.75) is 13.8 Å². The van der Waals surface area contributed by atoms with Gasteiger partial charge in [0.25, 0.3) is 0 Å². The molecule has 2 atom stereocenters. The molecule has 0 spiro atoms. The standard InChI is InChI=1S/C20H29ClN6O2/c1-12(18(28)22-3)10-26(5)17-15-9-14(21)7-8-16(15)24-20(25-17)27(6)11-13(2)19(29)23-4/h7-9,12-13H,10-11H2,1-6H3,(H,22,28)(H,23,29)/t12-,13+/m1/s1. The van der Waals surface area contributed by atoms with Gasteiger partial charge in [0.1, 0.15) is 5.82 Å². The van der Waals surface area contributed by atoms with Gasteiger partial charge in [0.2, 0.25) is 17.8 Å². The van der Waals surface area contributed by atoms with Crippen molar-refractivity contribution in [3.8, 4) is 0 Å². The number of carbonyl (C=O) groups is 2. The number of nitrogens with one attached hydrogen (secondary N) is 2. The lowest BCUT2D eigenvalue weighted by Crippen LogP contribution is -2.36. The molecule has 0 aliphatic rings. The van der Waals surface area contributed by atoms with Crippen LogP contribution in [0.4, 0.5) is 11.8 Å². The Balaban J connectivity index is 2.43. The summed E-state index contributed by atoms with van der Waals surface area (Å²) in [5.74, 6) is 0.673. The maximum absolute atomic E-state index is 11.9. The first-order valence-electron chi connectivity index (χ1n) is 9.50. The second-order valence-corrected chi connectivity index (χ2v) is 7.74. The van der Waals surface area contributed by atoms with Crippen LogP contribution in [-0.4, -0.2) is 63.1 Å². The number of benzene rings is 1. The van der Waals surface area contributed by atoms with Crippen molar-refractivity contribution < 1.29 is 9.59 Å². The third-order valence-electron chi connectivity index (χ3n) is 4.81. The molecule has 0 aliphatic carbocycles. The number of amides is 2. The van der Waals surface area contributed by atoms with Crippen LogP contribution in [-0.2, 0) is 9.59 Å². The minimum Gasteiger partial charge on any atom is -0.359 e. The summed E-state index contributed by atoms with van der Waals surface area (Å²) < 4.78 is 0. The Kier molecular flexibility index (Phi) is 7.61. The first-order valence-corrected chi connectivity index (χ1v) is 9.88. The fourth-order valence-electron chi connectivity index (χ4n) is 3.18. The molecule has 2 amide bonds. The van der Waals surface area contributed by atoms with Gasteiger partial charge in [-0.1, -0.05) is 25.4 Å². The zero-order valence-corrected chi connectivity index (χ0v) is 18.5. The Bertz CT molecular complexity index is 891. The highest BCUT2D eigenvalue weighted by Gasteiger charge is 2.20. The quantitative estimate of drug-likeness (QED) is 0.678. The van der Waals surface area contributed by atoms with Crippen molar-refractivity contribution in [1.29, 1.82) is 0 Å². The highest BCUT2D eigenvalue weighted by molar-refractivity contribution is 6.31. The van der Waals surface area contributed by atoms with Crippen LogP contribution in [0.5, 0.6) is 0 Å². The second kappa shape index (κ2) is 9.73. The van der Waals surface area contributed by atoms with Crippen LogP contribution in [0.15, 0.2) is 18.2 Å². The number of rotatable bonds is 8. The molecular weight excluding hydrogens is 392 g/mol. The van der Waals surface area contributed by atoms with Gasteiger partial charge in [-0.2, -0.15) is 4.98 Å². The maximum Gasteiger partial charge on any atom is 0.227 e. The molecule has 29 heavy (non-hydrogen) atoms. The van der Waals surface area contributed by atoms with Crippen LogP contribution in [0.1, 0.15) is 13.8 Å². The molecule has 0 unspecified atom stereocenters. The lowest BCUT2D eigenvalue weighted by atomic mass is 10.1. The van der Waals surface area contributed by atoms with Gasteiger partial charge in [0.05, 0.1) is 17.4 Å². The van der Waals surface area contributed by atoms with Crippen molar-refractivity contribution in [1.82, 2.24) is 20.6 Å². The van der Waals surface area contributed by atoms with Gasteiger partial charge in [0, 0.05) is 51.7 Å². The molecule has 158 valence electrons. The van der Waals surface area contributed by atoms with Crippen LogP contribution < -0.4 is 20.4 Å². The predicted octanol–water partition coefficient (Wildman–Crippen LogP) is 1.92. The van der Waals surface area contributed by atoms with Gasteiger partial charge in [-0.3, -0.25) is 9.59 Å². The summed E-state index contributed by atoms with van der Waals surface area (Å²) in [5, 5.41) is 6.72. The summed E-state index contributed by atoms with van der Waals surface area (Å²) >= 11 is 6.20. The third-order valence-corrected chi connectivity index (χ3v) is 5.05. The molecule has 1 aromatic heterocycles. The van der Waals surface area contributed by atoms with Gasteiger partial charge in [-0.05, 0) is 18.2 Å². The summed E-state index contributed by atoms with van der Waals surface area (Å²) in [6.45, 7) is 4.67. The van der Waals surface area contributed by atoms with Crippen molar-refractivity contribution >= 4 is 46.1 Å². The monoisotopic (exact) mass is 420 g/mol. The van der Waals surface area contributed by atoms with E-state index in [-0.39, 0.29) is 23.7 Å². The molecule has 2 N–H and O–H groups in total. The summed E-state index contributed by atoms with van der Waals surface area (Å²) in [6, 6.07) is 5.45. The van der Waals surface area contributed by atoms with Gasteiger partial charge in [-0.15, -0.1) is 0 Å². The van der Waals surface area contributed by atoms with Crippen LogP contribution in [0.2, 0.25) is 5.02 Å². The summed E-state index contributed by atoms with van der Waals surface area (Å²) in [6.07, 6.45) is 0. The molecule has 8 nitrogen and oxygen atoms in total. The summed E-state index contributed by atoms with van der Waals surface area (Å²) in [7, 11) is 6.99. The number of aromatic nitrogens is 2.